The summed E-state index contributed by atoms with van der Waals surface area (Å²) in [6.07, 6.45) is -4.53. The third kappa shape index (κ3) is 2.58. The third-order valence-corrected chi connectivity index (χ3v) is 1.50. The van der Waals surface area contributed by atoms with Crippen LogP contribution in [0.15, 0.2) is 0 Å². The third-order valence-electron chi connectivity index (χ3n) is 1.50. The second-order valence-electron chi connectivity index (χ2n) is 2.60. The van der Waals surface area contributed by atoms with Crippen molar-refractivity contribution in [1.29, 1.82) is 0 Å². The number of nitrogens with one attached hydrogen (secondary N) is 1. The summed E-state index contributed by atoms with van der Waals surface area (Å²) in [5, 5.41) is 17.3. The van der Waals surface area contributed by atoms with Gasteiger partial charge in [-0.3, -0.25) is 4.57 Å². The van der Waals surface area contributed by atoms with Crippen LogP contribution in [-0.4, -0.2) is 39.1 Å². The van der Waals surface area contributed by atoms with Gasteiger partial charge in [0.2, 0.25) is 11.8 Å². The summed E-state index contributed by atoms with van der Waals surface area (Å²) in [6.45, 7) is -1.45. The van der Waals surface area contributed by atoms with Crippen molar-refractivity contribution in [2.45, 2.75) is 12.7 Å². The number of hydrogen-bond donors (Lipinski definition) is 2. The summed E-state index contributed by atoms with van der Waals surface area (Å²) in [5.74, 6) is -2.56. The Morgan fingerprint density at radius 1 is 1.53 bits per heavy atom. The number of nitrogens with zero attached hydrogens (tertiary/aromatic N) is 3. The number of carboxylic acid groups (broad SMARTS) is 1. The summed E-state index contributed by atoms with van der Waals surface area (Å²) in [5.41, 5.74) is 0. The largest absolute Gasteiger partial charge is 0.475 e. The number of anilines is 1. The molecule has 0 aliphatic rings. The fourth-order valence-electron chi connectivity index (χ4n) is 0.975. The predicted molar refractivity (Wildman–Crippen MR) is 42.6 cm³/mol. The van der Waals surface area contributed by atoms with Gasteiger partial charge in [-0.2, -0.15) is 13.2 Å². The van der Waals surface area contributed by atoms with Gasteiger partial charge in [-0.05, 0) is 0 Å². The molecule has 15 heavy (non-hydrogen) atoms. The molecule has 0 saturated heterocycles. The van der Waals surface area contributed by atoms with E-state index in [4.69, 9.17) is 5.11 Å². The summed E-state index contributed by atoms with van der Waals surface area (Å²) in [7, 11) is 1.32. The van der Waals surface area contributed by atoms with E-state index in [0.717, 1.165) is 0 Å². The molecule has 0 atom stereocenters. The maximum Gasteiger partial charge on any atom is 0.406 e. The van der Waals surface area contributed by atoms with Gasteiger partial charge in [-0.1, -0.05) is 0 Å². The van der Waals surface area contributed by atoms with E-state index in [0.29, 0.717) is 4.57 Å². The molecule has 1 aromatic heterocycles. The van der Waals surface area contributed by atoms with E-state index in [1.165, 1.54) is 7.05 Å². The average Bonchev–Trinajstić information content (AvgIpc) is 2.44. The zero-order valence-electron chi connectivity index (χ0n) is 7.54. The standard InChI is InChI=1S/C6H7F3N4O2/c1-10-5-12-11-3(4(14)15)13(5)2-6(7,8)9/h2H2,1H3,(H,10,12)(H,14,15). The second kappa shape index (κ2) is 3.75. The van der Waals surface area contributed by atoms with Crippen molar-refractivity contribution in [1.82, 2.24) is 14.8 Å². The normalized spacial score (nSPS) is 11.5. The van der Waals surface area contributed by atoms with Crippen molar-refractivity contribution < 1.29 is 23.1 Å². The van der Waals surface area contributed by atoms with Crippen molar-refractivity contribution in [2.75, 3.05) is 12.4 Å². The zero-order chi connectivity index (χ0) is 11.6. The summed E-state index contributed by atoms with van der Waals surface area (Å²) in [6, 6.07) is 0. The van der Waals surface area contributed by atoms with E-state index in [9.17, 15) is 18.0 Å². The van der Waals surface area contributed by atoms with E-state index < -0.39 is 24.5 Å². The number of halogens is 3. The van der Waals surface area contributed by atoms with Gasteiger partial charge in [-0.15, -0.1) is 10.2 Å². The molecule has 0 unspecified atom stereocenters. The molecule has 0 aromatic carbocycles. The van der Waals surface area contributed by atoms with Crippen LogP contribution in [0.1, 0.15) is 10.6 Å². The predicted octanol–water partition coefficient (Wildman–Crippen LogP) is 0.580. The number of aromatic carboxylic acids is 1. The van der Waals surface area contributed by atoms with E-state index in [2.05, 4.69) is 15.5 Å². The van der Waals surface area contributed by atoms with Crippen LogP contribution < -0.4 is 5.32 Å². The van der Waals surface area contributed by atoms with Crippen LogP contribution in [0.2, 0.25) is 0 Å². The monoisotopic (exact) mass is 224 g/mol. The molecule has 0 amide bonds. The SMILES string of the molecule is CNc1nnc(C(=O)O)n1CC(F)(F)F. The minimum Gasteiger partial charge on any atom is -0.475 e. The van der Waals surface area contributed by atoms with Gasteiger partial charge in [0.05, 0.1) is 0 Å². The van der Waals surface area contributed by atoms with E-state index in [1.54, 1.807) is 0 Å². The van der Waals surface area contributed by atoms with Gasteiger partial charge in [0.1, 0.15) is 6.54 Å². The van der Waals surface area contributed by atoms with Crippen LogP contribution in [0.25, 0.3) is 0 Å². The Morgan fingerprint density at radius 3 is 2.53 bits per heavy atom. The van der Waals surface area contributed by atoms with E-state index in [1.807, 2.05) is 0 Å². The van der Waals surface area contributed by atoms with Gasteiger partial charge in [-0.25, -0.2) is 4.79 Å². The van der Waals surface area contributed by atoms with E-state index >= 15 is 0 Å². The lowest BCUT2D eigenvalue weighted by atomic mass is 10.5. The first-order chi connectivity index (χ1) is 6.85. The minimum atomic E-state index is -4.53. The van der Waals surface area contributed by atoms with Crippen molar-refractivity contribution in [3.63, 3.8) is 0 Å². The lowest BCUT2D eigenvalue weighted by Crippen LogP contribution is -2.22. The molecular formula is C6H7F3N4O2. The van der Waals surface area contributed by atoms with Crippen LogP contribution in [-0.2, 0) is 6.54 Å². The molecule has 1 aromatic rings. The van der Waals surface area contributed by atoms with Crippen molar-refractivity contribution in [3.05, 3.63) is 5.82 Å². The fourth-order valence-corrected chi connectivity index (χ4v) is 0.975. The number of carbonyl (C=O) groups is 1. The number of rotatable bonds is 3. The quantitative estimate of drug-likeness (QED) is 0.784. The second-order valence-corrected chi connectivity index (χ2v) is 2.60. The molecule has 9 heteroatoms. The van der Waals surface area contributed by atoms with Crippen LogP contribution in [0.3, 0.4) is 0 Å². The number of aromatic nitrogens is 3. The Kier molecular flexibility index (Phi) is 2.82. The molecule has 1 rings (SSSR count). The van der Waals surface area contributed by atoms with Gasteiger partial charge >= 0.3 is 12.1 Å². The lowest BCUT2D eigenvalue weighted by Gasteiger charge is -2.10. The number of hydrogen-bond acceptors (Lipinski definition) is 4. The van der Waals surface area contributed by atoms with Crippen molar-refractivity contribution in [3.8, 4) is 0 Å². The lowest BCUT2D eigenvalue weighted by molar-refractivity contribution is -0.140. The number of alkyl halides is 3. The molecule has 6 nitrogen and oxygen atoms in total. The highest BCUT2D eigenvalue weighted by atomic mass is 19.4. The Bertz CT molecular complexity index is 373. The first-order valence-electron chi connectivity index (χ1n) is 3.76. The topological polar surface area (TPSA) is 80.0 Å². The van der Waals surface area contributed by atoms with Gasteiger partial charge in [0.15, 0.2) is 0 Å². The van der Waals surface area contributed by atoms with Crippen LogP contribution >= 0.6 is 0 Å². The van der Waals surface area contributed by atoms with Crippen molar-refractivity contribution >= 4 is 11.9 Å². The minimum absolute atomic E-state index is 0.246. The molecular weight excluding hydrogens is 217 g/mol. The molecule has 0 saturated carbocycles. The Morgan fingerprint density at radius 2 is 2.13 bits per heavy atom. The first kappa shape index (κ1) is 11.3. The number of carboxylic acids is 1. The van der Waals surface area contributed by atoms with Crippen molar-refractivity contribution in [2.24, 2.45) is 0 Å². The molecule has 0 aliphatic carbocycles. The Labute approximate surface area is 81.7 Å². The summed E-state index contributed by atoms with van der Waals surface area (Å²) in [4.78, 5) is 10.5. The van der Waals surface area contributed by atoms with Gasteiger partial charge < -0.3 is 10.4 Å². The Balaban J connectivity index is 3.11. The first-order valence-corrected chi connectivity index (χ1v) is 3.76. The molecule has 84 valence electrons. The van der Waals surface area contributed by atoms with Gasteiger partial charge in [0.25, 0.3) is 0 Å². The average molecular weight is 224 g/mol. The maximum absolute atomic E-state index is 12.1. The summed E-state index contributed by atoms with van der Waals surface area (Å²) >= 11 is 0. The van der Waals surface area contributed by atoms with Crippen LogP contribution in [0.5, 0.6) is 0 Å². The van der Waals surface area contributed by atoms with E-state index in [-0.39, 0.29) is 5.95 Å². The highest BCUT2D eigenvalue weighted by Gasteiger charge is 2.32. The van der Waals surface area contributed by atoms with Gasteiger partial charge in [0, 0.05) is 7.05 Å². The highest BCUT2D eigenvalue weighted by molar-refractivity contribution is 5.83. The van der Waals surface area contributed by atoms with Crippen LogP contribution in [0.4, 0.5) is 19.1 Å². The smallest absolute Gasteiger partial charge is 0.406 e. The molecule has 0 radical (unpaired) electrons. The zero-order valence-corrected chi connectivity index (χ0v) is 7.54. The molecule has 0 fully saturated rings. The molecule has 0 spiro atoms. The van der Waals surface area contributed by atoms with Crippen LogP contribution in [0, 0.1) is 0 Å². The molecule has 2 N–H and O–H groups in total. The fraction of sp³-hybridized carbons (Fsp3) is 0.500. The highest BCUT2D eigenvalue weighted by Crippen LogP contribution is 2.20. The Hall–Kier alpha value is -1.80. The maximum atomic E-state index is 12.1. The summed E-state index contributed by atoms with van der Waals surface area (Å²) < 4.78 is 36.7. The molecule has 0 bridgehead atoms. The molecule has 0 aliphatic heterocycles. The molecule has 1 heterocycles.